The zero-order chi connectivity index (χ0) is 18.2. The van der Waals surface area contributed by atoms with Gasteiger partial charge in [-0.3, -0.25) is 9.59 Å². The Morgan fingerprint density at radius 2 is 1.92 bits per heavy atom. The Balaban J connectivity index is 1.90. The topological polar surface area (TPSA) is 66.8 Å². The van der Waals surface area contributed by atoms with Gasteiger partial charge in [0.05, 0.1) is 18.7 Å². The number of benzene rings is 2. The summed E-state index contributed by atoms with van der Waals surface area (Å²) in [4.78, 5) is 26.6. The lowest BCUT2D eigenvalue weighted by Crippen LogP contribution is -2.40. The van der Waals surface area contributed by atoms with E-state index in [0.717, 1.165) is 4.47 Å². The van der Waals surface area contributed by atoms with Gasteiger partial charge in [0.2, 0.25) is 0 Å². The third-order valence-electron chi connectivity index (χ3n) is 4.33. The van der Waals surface area contributed by atoms with Crippen molar-refractivity contribution < 1.29 is 19.4 Å². The lowest BCUT2D eigenvalue weighted by Gasteiger charge is -2.21. The Hall–Kier alpha value is -2.18. The van der Waals surface area contributed by atoms with Crippen LogP contribution < -0.4 is 9.64 Å². The lowest BCUT2D eigenvalue weighted by atomic mass is 9.88. The van der Waals surface area contributed by atoms with E-state index in [1.807, 2.05) is 6.92 Å². The molecule has 1 heterocycles. The minimum Gasteiger partial charge on any atom is -0.494 e. The molecule has 0 bridgehead atoms. The number of hydrogen-bond donors (Lipinski definition) is 1. The first kappa shape index (κ1) is 17.6. The van der Waals surface area contributed by atoms with Crippen molar-refractivity contribution in [1.29, 1.82) is 0 Å². The van der Waals surface area contributed by atoms with E-state index >= 15 is 0 Å². The third kappa shape index (κ3) is 3.07. The molecule has 0 fully saturated rings. The van der Waals surface area contributed by atoms with Crippen molar-refractivity contribution in [3.8, 4) is 5.75 Å². The first-order valence-electron chi connectivity index (χ1n) is 7.93. The second-order valence-electron chi connectivity index (χ2n) is 5.94. The largest absolute Gasteiger partial charge is 0.494 e. The van der Waals surface area contributed by atoms with E-state index in [1.54, 1.807) is 49.5 Å². The van der Waals surface area contributed by atoms with Gasteiger partial charge in [-0.05, 0) is 49.4 Å². The molecule has 2 aromatic rings. The van der Waals surface area contributed by atoms with E-state index in [4.69, 9.17) is 4.74 Å². The monoisotopic (exact) mass is 403 g/mol. The number of carbonyl (C=O) groups is 2. The molecule has 0 saturated carbocycles. The van der Waals surface area contributed by atoms with Crippen LogP contribution in [0.25, 0.3) is 0 Å². The zero-order valence-electron chi connectivity index (χ0n) is 14.0. The van der Waals surface area contributed by atoms with Gasteiger partial charge in [-0.25, -0.2) is 0 Å². The van der Waals surface area contributed by atoms with Gasteiger partial charge in [0, 0.05) is 22.6 Å². The molecule has 1 aliphatic heterocycles. The van der Waals surface area contributed by atoms with E-state index in [0.29, 0.717) is 29.2 Å². The fourth-order valence-electron chi connectivity index (χ4n) is 3.04. The number of fused-ring (bicyclic) bond motifs is 1. The maximum absolute atomic E-state index is 12.6. The Labute approximate surface area is 154 Å². The van der Waals surface area contributed by atoms with Crippen molar-refractivity contribution >= 4 is 33.3 Å². The Morgan fingerprint density at radius 1 is 1.24 bits per heavy atom. The molecule has 2 aromatic carbocycles. The number of anilines is 1. The summed E-state index contributed by atoms with van der Waals surface area (Å²) in [5, 5.41) is 11.0. The molecule has 0 saturated heterocycles. The maximum atomic E-state index is 12.6. The van der Waals surface area contributed by atoms with Crippen LogP contribution in [-0.4, -0.2) is 30.5 Å². The predicted octanol–water partition coefficient (Wildman–Crippen LogP) is 3.28. The van der Waals surface area contributed by atoms with Crippen LogP contribution in [0.5, 0.6) is 5.75 Å². The van der Waals surface area contributed by atoms with Crippen LogP contribution in [0.2, 0.25) is 0 Å². The molecule has 1 N–H and O–H groups in total. The smallest absolute Gasteiger partial charge is 0.263 e. The predicted molar refractivity (Wildman–Crippen MR) is 98.0 cm³/mol. The number of hydrogen-bond acceptors (Lipinski definition) is 4. The molecule has 25 heavy (non-hydrogen) atoms. The zero-order valence-corrected chi connectivity index (χ0v) is 15.5. The van der Waals surface area contributed by atoms with Gasteiger partial charge in [-0.2, -0.15) is 0 Å². The first-order chi connectivity index (χ1) is 11.9. The van der Waals surface area contributed by atoms with Gasteiger partial charge in [0.1, 0.15) is 5.75 Å². The Kier molecular flexibility index (Phi) is 4.67. The van der Waals surface area contributed by atoms with Gasteiger partial charge in [0.25, 0.3) is 5.91 Å². The number of nitrogens with zero attached hydrogens (tertiary/aromatic N) is 1. The second-order valence-corrected chi connectivity index (χ2v) is 6.86. The number of carbonyl (C=O) groups excluding carboxylic acids is 2. The van der Waals surface area contributed by atoms with E-state index in [2.05, 4.69) is 15.9 Å². The minimum atomic E-state index is -1.86. The highest BCUT2D eigenvalue weighted by Crippen LogP contribution is 2.43. The van der Waals surface area contributed by atoms with Crippen molar-refractivity contribution in [1.82, 2.24) is 0 Å². The summed E-state index contributed by atoms with van der Waals surface area (Å²) in [6, 6.07) is 11.9. The molecule has 1 atom stereocenters. The molecule has 130 valence electrons. The highest BCUT2D eigenvalue weighted by atomic mass is 79.9. The lowest BCUT2D eigenvalue weighted by molar-refractivity contribution is -0.135. The molecule has 5 nitrogen and oxygen atoms in total. The van der Waals surface area contributed by atoms with Crippen molar-refractivity contribution in [2.24, 2.45) is 0 Å². The number of ether oxygens (including phenoxy) is 1. The van der Waals surface area contributed by atoms with Gasteiger partial charge in [-0.15, -0.1) is 0 Å². The van der Waals surface area contributed by atoms with Crippen LogP contribution in [-0.2, 0) is 10.4 Å². The summed E-state index contributed by atoms with van der Waals surface area (Å²) in [5.74, 6) is -0.135. The average Bonchev–Trinajstić information content (AvgIpc) is 2.77. The van der Waals surface area contributed by atoms with Gasteiger partial charge >= 0.3 is 0 Å². The van der Waals surface area contributed by atoms with E-state index in [1.165, 1.54) is 4.90 Å². The Bertz CT molecular complexity index is 834. The molecule has 0 spiro atoms. The van der Waals surface area contributed by atoms with Crippen LogP contribution >= 0.6 is 15.9 Å². The van der Waals surface area contributed by atoms with Crippen LogP contribution in [0, 0.1) is 0 Å². The number of rotatable bonds is 5. The van der Waals surface area contributed by atoms with Crippen LogP contribution in [0.15, 0.2) is 46.9 Å². The first-order valence-corrected chi connectivity index (χ1v) is 8.72. The number of likely N-dealkylation sites (N-methyl/N-ethyl adjacent to an activating group) is 1. The van der Waals surface area contributed by atoms with Crippen LogP contribution in [0.3, 0.4) is 0 Å². The standard InChI is InChI=1S/C19H18BrNO4/c1-3-25-14-7-4-12(5-8-14)17(22)11-19(24)15-10-13(20)6-9-16(15)21(2)18(19)23/h4-10,24H,3,11H2,1-2H3/t19-/m1/s1. The number of aliphatic hydroxyl groups is 1. The van der Waals surface area contributed by atoms with Crippen molar-refractivity contribution in [3.63, 3.8) is 0 Å². The average molecular weight is 404 g/mol. The molecule has 1 aliphatic rings. The molecular weight excluding hydrogens is 386 g/mol. The minimum absolute atomic E-state index is 0.305. The molecule has 0 unspecified atom stereocenters. The number of halogens is 1. The number of amides is 1. The van der Waals surface area contributed by atoms with Crippen LogP contribution in [0.4, 0.5) is 5.69 Å². The van der Waals surface area contributed by atoms with Gasteiger partial charge < -0.3 is 14.7 Å². The summed E-state index contributed by atoms with van der Waals surface area (Å²) in [6.07, 6.45) is -0.312. The van der Waals surface area contributed by atoms with Crippen LogP contribution in [0.1, 0.15) is 29.3 Å². The summed E-state index contributed by atoms with van der Waals surface area (Å²) in [7, 11) is 1.59. The van der Waals surface area contributed by atoms with Gasteiger partial charge in [0.15, 0.2) is 11.4 Å². The maximum Gasteiger partial charge on any atom is 0.263 e. The third-order valence-corrected chi connectivity index (χ3v) is 4.82. The number of ketones is 1. The SMILES string of the molecule is CCOc1ccc(C(=O)C[C@]2(O)C(=O)N(C)c3ccc(Br)cc32)cc1. The van der Waals surface area contributed by atoms with Crippen molar-refractivity contribution in [2.75, 3.05) is 18.6 Å². The summed E-state index contributed by atoms with van der Waals surface area (Å²) in [6.45, 7) is 2.42. The molecular formula is C19H18BrNO4. The van der Waals surface area contributed by atoms with Crippen molar-refractivity contribution in [2.45, 2.75) is 18.9 Å². The summed E-state index contributed by atoms with van der Waals surface area (Å²) >= 11 is 3.35. The molecule has 0 aromatic heterocycles. The molecule has 3 rings (SSSR count). The fourth-order valence-corrected chi connectivity index (χ4v) is 3.40. The summed E-state index contributed by atoms with van der Waals surface area (Å²) < 4.78 is 6.10. The quantitative estimate of drug-likeness (QED) is 0.777. The second kappa shape index (κ2) is 6.61. The molecule has 0 radical (unpaired) electrons. The fraction of sp³-hybridized carbons (Fsp3) is 0.263. The van der Waals surface area contributed by atoms with E-state index < -0.39 is 11.5 Å². The van der Waals surface area contributed by atoms with E-state index in [9.17, 15) is 14.7 Å². The van der Waals surface area contributed by atoms with E-state index in [-0.39, 0.29) is 12.2 Å². The normalized spacial score (nSPS) is 19.0. The molecule has 1 amide bonds. The molecule has 0 aliphatic carbocycles. The van der Waals surface area contributed by atoms with Gasteiger partial charge in [-0.1, -0.05) is 15.9 Å². The highest BCUT2D eigenvalue weighted by Gasteiger charge is 2.49. The molecule has 6 heteroatoms. The van der Waals surface area contributed by atoms with Crippen molar-refractivity contribution in [3.05, 3.63) is 58.1 Å². The Morgan fingerprint density at radius 3 is 2.56 bits per heavy atom. The number of Topliss-reactive ketones (excluding diaryl/α,β-unsaturated/α-hetero) is 1. The highest BCUT2D eigenvalue weighted by molar-refractivity contribution is 9.10. The summed E-state index contributed by atoms with van der Waals surface area (Å²) in [5.41, 5.74) is -0.386.